The summed E-state index contributed by atoms with van der Waals surface area (Å²) in [5.41, 5.74) is 6.74. The highest BCUT2D eigenvalue weighted by molar-refractivity contribution is 6.23. The third-order valence-corrected chi connectivity index (χ3v) is 8.57. The third kappa shape index (κ3) is 10.5. The van der Waals surface area contributed by atoms with E-state index in [2.05, 4.69) is 15.6 Å². The van der Waals surface area contributed by atoms with Gasteiger partial charge in [0.1, 0.15) is 0 Å². The number of fused-ring (bicyclic) bond motifs is 2. The van der Waals surface area contributed by atoms with Gasteiger partial charge >= 0.3 is 6.09 Å². The molecule has 1 aromatic heterocycles. The average Bonchev–Trinajstić information content (AvgIpc) is 3.55. The third-order valence-electron chi connectivity index (χ3n) is 8.57. The molecule has 258 valence electrons. The lowest BCUT2D eigenvalue weighted by atomic mass is 9.85. The first-order chi connectivity index (χ1) is 22.4. The van der Waals surface area contributed by atoms with Crippen LogP contribution in [0.2, 0.25) is 0 Å². The fraction of sp³-hybridized carbons (Fsp3) is 0.559. The number of hydrogen-bond donors (Lipinski definition) is 4. The maximum Gasteiger partial charge on any atom is 0.405 e. The van der Waals surface area contributed by atoms with E-state index in [1.54, 1.807) is 38.5 Å². The Bertz CT molecular complexity index is 1400. The first kappa shape index (κ1) is 37.4. The number of primary amides is 1. The van der Waals surface area contributed by atoms with Crippen molar-refractivity contribution in [2.45, 2.75) is 90.8 Å². The van der Waals surface area contributed by atoms with Crippen molar-refractivity contribution >= 4 is 23.6 Å². The van der Waals surface area contributed by atoms with Gasteiger partial charge in [-0.1, -0.05) is 26.0 Å². The molecule has 3 rings (SSSR count). The Kier molecular flexibility index (Phi) is 14.1. The lowest BCUT2D eigenvalue weighted by molar-refractivity contribution is -0.120. The maximum absolute atomic E-state index is 13.8. The second-order valence-electron chi connectivity index (χ2n) is 12.3. The van der Waals surface area contributed by atoms with Crippen molar-refractivity contribution in [3.63, 3.8) is 0 Å². The number of allylic oxidation sites excluding steroid dienone is 3. The number of amides is 2. The SMILES string of the molecule is CO[C@H]1C[C@H](C)CC2=C(NCCCn3ccnc3)C(=O)C=C(NC(=O)/C(C)=C/CC[C@H](OC)[C@@H](OC(N)=O)/C(C)=C/[C@H](C)[C@H]1O)C2=O. The number of methoxy groups -OCH3 is 2. The molecule has 6 atom stereocenters. The van der Waals surface area contributed by atoms with Crippen LogP contribution in [-0.2, 0) is 35.1 Å². The Morgan fingerprint density at radius 1 is 1.17 bits per heavy atom. The van der Waals surface area contributed by atoms with Gasteiger partial charge in [0, 0.05) is 62.8 Å². The van der Waals surface area contributed by atoms with E-state index in [4.69, 9.17) is 19.9 Å². The largest absolute Gasteiger partial charge is 0.439 e. The molecule has 0 radical (unpaired) electrons. The molecule has 0 spiro atoms. The number of Topliss-reactive ketones (excluding diaryl/α,β-unsaturated/α-hetero) is 1. The van der Waals surface area contributed by atoms with Gasteiger partial charge < -0.3 is 40.3 Å². The standard InChI is InChI=1S/C34H49N5O8/c1-20-15-24-29(37-11-8-13-39-14-12-36-19-39)26(40)18-25(31(24)42)38-33(43)21(2)9-7-10-27(45-5)32(47-34(35)44)23(4)17-22(3)30(41)28(16-20)46-6/h9,12,14,17-20,22,27-28,30,32,37,41H,7-8,10-11,13,15-16H2,1-6H3,(H2,35,44)(H,38,43)/b21-9+,23-17+/t20-,22+,27+,28+,30-,32+/m1/s1. The van der Waals surface area contributed by atoms with Crippen molar-refractivity contribution in [3.8, 4) is 0 Å². The zero-order valence-corrected chi connectivity index (χ0v) is 28.2. The van der Waals surface area contributed by atoms with Gasteiger partial charge in [-0.05, 0) is 57.4 Å². The van der Waals surface area contributed by atoms with Crippen molar-refractivity contribution in [1.29, 1.82) is 0 Å². The Balaban J connectivity index is 1.96. The van der Waals surface area contributed by atoms with Gasteiger partial charge in [0.2, 0.25) is 11.6 Å². The molecule has 2 amide bonds. The van der Waals surface area contributed by atoms with E-state index in [-0.39, 0.29) is 29.3 Å². The molecule has 2 bridgehead atoms. The number of aliphatic hydroxyl groups is 1. The van der Waals surface area contributed by atoms with Gasteiger partial charge in [-0.2, -0.15) is 0 Å². The van der Waals surface area contributed by atoms with Crippen LogP contribution in [0.25, 0.3) is 0 Å². The number of rotatable bonds is 8. The van der Waals surface area contributed by atoms with E-state index in [0.717, 1.165) is 6.08 Å². The fourth-order valence-electron chi connectivity index (χ4n) is 5.98. The van der Waals surface area contributed by atoms with Crippen LogP contribution >= 0.6 is 0 Å². The molecule has 0 fully saturated rings. The number of nitrogens with one attached hydrogen (secondary N) is 2. The number of hydrogen-bond acceptors (Lipinski definition) is 10. The van der Waals surface area contributed by atoms with Crippen LogP contribution in [0.5, 0.6) is 0 Å². The van der Waals surface area contributed by atoms with E-state index in [1.807, 2.05) is 24.6 Å². The first-order valence-electron chi connectivity index (χ1n) is 16.0. The molecule has 5 N–H and O–H groups in total. The lowest BCUT2D eigenvalue weighted by Crippen LogP contribution is -2.38. The summed E-state index contributed by atoms with van der Waals surface area (Å²) < 4.78 is 18.7. The second-order valence-corrected chi connectivity index (χ2v) is 12.3. The van der Waals surface area contributed by atoms with E-state index < -0.39 is 53.9 Å². The Morgan fingerprint density at radius 3 is 2.53 bits per heavy atom. The highest BCUT2D eigenvalue weighted by Crippen LogP contribution is 2.29. The topological polar surface area (TPSA) is 184 Å². The van der Waals surface area contributed by atoms with Crippen LogP contribution in [0.4, 0.5) is 4.79 Å². The number of ketones is 2. The highest BCUT2D eigenvalue weighted by atomic mass is 16.6. The van der Waals surface area contributed by atoms with Crippen LogP contribution in [0.15, 0.2) is 65.1 Å². The van der Waals surface area contributed by atoms with Crippen LogP contribution in [0.3, 0.4) is 0 Å². The number of carbonyl (C=O) groups excluding carboxylic acids is 4. The average molecular weight is 656 g/mol. The van der Waals surface area contributed by atoms with Crippen LogP contribution in [-0.4, -0.2) is 83.4 Å². The Morgan fingerprint density at radius 2 is 1.89 bits per heavy atom. The summed E-state index contributed by atoms with van der Waals surface area (Å²) in [6.07, 6.45) is 7.91. The van der Waals surface area contributed by atoms with Crippen molar-refractivity contribution in [2.24, 2.45) is 17.6 Å². The summed E-state index contributed by atoms with van der Waals surface area (Å²) in [5.74, 6) is -2.00. The summed E-state index contributed by atoms with van der Waals surface area (Å²) in [7, 11) is 2.99. The monoisotopic (exact) mass is 655 g/mol. The maximum atomic E-state index is 13.8. The molecule has 1 aromatic rings. The van der Waals surface area contributed by atoms with E-state index in [1.165, 1.54) is 14.2 Å². The van der Waals surface area contributed by atoms with Crippen LogP contribution in [0, 0.1) is 11.8 Å². The zero-order valence-electron chi connectivity index (χ0n) is 28.2. The van der Waals surface area contributed by atoms with Gasteiger partial charge in [-0.15, -0.1) is 0 Å². The number of aliphatic hydroxyl groups excluding tert-OH is 1. The zero-order chi connectivity index (χ0) is 34.7. The molecule has 13 heteroatoms. The van der Waals surface area contributed by atoms with Crippen molar-refractivity contribution in [2.75, 3.05) is 20.8 Å². The number of nitrogens with two attached hydrogens (primary N) is 1. The van der Waals surface area contributed by atoms with Gasteiger partial charge in [-0.3, -0.25) is 14.4 Å². The minimum absolute atomic E-state index is 0.0988. The van der Waals surface area contributed by atoms with Crippen LogP contribution < -0.4 is 16.4 Å². The van der Waals surface area contributed by atoms with Crippen molar-refractivity contribution < 1.29 is 38.5 Å². The van der Waals surface area contributed by atoms with Gasteiger partial charge in [0.25, 0.3) is 5.91 Å². The Labute approximate surface area is 276 Å². The summed E-state index contributed by atoms with van der Waals surface area (Å²) >= 11 is 0. The smallest absolute Gasteiger partial charge is 0.405 e. The summed E-state index contributed by atoms with van der Waals surface area (Å²) in [4.78, 5) is 56.2. The number of ether oxygens (including phenoxy) is 3. The predicted molar refractivity (Wildman–Crippen MR) is 174 cm³/mol. The molecule has 0 unspecified atom stereocenters. The quantitative estimate of drug-likeness (QED) is 0.185. The second kappa shape index (κ2) is 17.7. The molecular formula is C34H49N5O8. The van der Waals surface area contributed by atoms with Crippen molar-refractivity contribution in [3.05, 3.63) is 65.1 Å². The van der Waals surface area contributed by atoms with Gasteiger partial charge in [-0.25, -0.2) is 9.78 Å². The fourth-order valence-corrected chi connectivity index (χ4v) is 5.98. The molecule has 0 saturated carbocycles. The number of nitrogens with zero attached hydrogens (tertiary/aromatic N) is 2. The predicted octanol–water partition coefficient (Wildman–Crippen LogP) is 2.86. The van der Waals surface area contributed by atoms with Gasteiger partial charge in [0.15, 0.2) is 6.10 Å². The van der Waals surface area contributed by atoms with Crippen LogP contribution in [0.1, 0.15) is 59.8 Å². The molecule has 1 aliphatic carbocycles. The van der Waals surface area contributed by atoms with E-state index >= 15 is 0 Å². The number of aryl methyl sites for hydroxylation is 1. The lowest BCUT2D eigenvalue weighted by Gasteiger charge is -2.30. The molecule has 13 nitrogen and oxygen atoms in total. The van der Waals surface area contributed by atoms with Crippen molar-refractivity contribution in [1.82, 2.24) is 20.2 Å². The Hall–Kier alpha value is -4.07. The van der Waals surface area contributed by atoms with E-state index in [0.29, 0.717) is 49.9 Å². The normalized spacial score (nSPS) is 29.3. The number of imidazole rings is 1. The summed E-state index contributed by atoms with van der Waals surface area (Å²) in [5, 5.41) is 17.2. The highest BCUT2D eigenvalue weighted by Gasteiger charge is 2.33. The molecular weight excluding hydrogens is 606 g/mol. The minimum Gasteiger partial charge on any atom is -0.439 e. The first-order valence-corrected chi connectivity index (χ1v) is 16.0. The summed E-state index contributed by atoms with van der Waals surface area (Å²) in [6, 6.07) is 0. The number of carbonyl (C=O) groups is 4. The molecule has 2 heterocycles. The molecule has 2 aliphatic rings. The molecule has 0 saturated heterocycles. The summed E-state index contributed by atoms with van der Waals surface area (Å²) in [6.45, 7) is 8.24. The molecule has 1 aliphatic heterocycles. The number of aromatic nitrogens is 2. The van der Waals surface area contributed by atoms with Gasteiger partial charge in [0.05, 0.1) is 36.0 Å². The van der Waals surface area contributed by atoms with E-state index in [9.17, 15) is 24.3 Å². The minimum atomic E-state index is -0.967. The molecule has 47 heavy (non-hydrogen) atoms. The molecule has 0 aromatic carbocycles.